The molecule has 1 fully saturated rings. The number of aromatic nitrogens is 2. The SMILES string of the molecule is CC1CC(C)CC(Nc2cc3nc[nH]c(=O)c3cc2N)C1. The van der Waals surface area contributed by atoms with Crippen LogP contribution in [0.2, 0.25) is 0 Å². The highest BCUT2D eigenvalue weighted by molar-refractivity contribution is 5.88. The Hall–Kier alpha value is -2.04. The normalized spacial score (nSPS) is 25.9. The third-order valence-electron chi connectivity index (χ3n) is 4.35. The summed E-state index contributed by atoms with van der Waals surface area (Å²) in [4.78, 5) is 18.5. The molecule has 2 unspecified atom stereocenters. The van der Waals surface area contributed by atoms with Crippen molar-refractivity contribution in [3.63, 3.8) is 0 Å². The lowest BCUT2D eigenvalue weighted by Gasteiger charge is -2.33. The van der Waals surface area contributed by atoms with Gasteiger partial charge >= 0.3 is 0 Å². The highest BCUT2D eigenvalue weighted by Crippen LogP contribution is 2.32. The van der Waals surface area contributed by atoms with E-state index in [1.165, 1.54) is 12.7 Å². The van der Waals surface area contributed by atoms with Gasteiger partial charge in [-0.1, -0.05) is 13.8 Å². The Balaban J connectivity index is 1.90. The summed E-state index contributed by atoms with van der Waals surface area (Å²) in [7, 11) is 0. The van der Waals surface area contributed by atoms with Crippen LogP contribution < -0.4 is 16.6 Å². The molecular weight excluding hydrogens is 264 g/mol. The van der Waals surface area contributed by atoms with Gasteiger partial charge in [0.25, 0.3) is 5.56 Å². The van der Waals surface area contributed by atoms with E-state index in [2.05, 4.69) is 29.1 Å². The number of H-pyrrole nitrogens is 1. The van der Waals surface area contributed by atoms with Crippen molar-refractivity contribution in [1.29, 1.82) is 0 Å². The molecule has 21 heavy (non-hydrogen) atoms. The molecule has 0 bridgehead atoms. The monoisotopic (exact) mass is 286 g/mol. The van der Waals surface area contributed by atoms with E-state index in [-0.39, 0.29) is 5.56 Å². The predicted octanol–water partition coefficient (Wildman–Crippen LogP) is 2.74. The second-order valence-electron chi connectivity index (χ2n) is 6.45. The number of fused-ring (bicyclic) bond motifs is 1. The quantitative estimate of drug-likeness (QED) is 0.741. The number of hydrogen-bond acceptors (Lipinski definition) is 4. The molecule has 1 aromatic carbocycles. The Bertz CT molecular complexity index is 699. The number of aromatic amines is 1. The first-order valence-electron chi connectivity index (χ1n) is 7.56. The lowest BCUT2D eigenvalue weighted by Crippen LogP contribution is -2.30. The minimum atomic E-state index is -0.154. The Morgan fingerprint density at radius 2 is 1.95 bits per heavy atom. The summed E-state index contributed by atoms with van der Waals surface area (Å²) in [5.41, 5.74) is 8.10. The first-order valence-corrected chi connectivity index (χ1v) is 7.56. The number of hydrogen-bond donors (Lipinski definition) is 3. The maximum Gasteiger partial charge on any atom is 0.258 e. The maximum absolute atomic E-state index is 11.7. The van der Waals surface area contributed by atoms with E-state index in [1.54, 1.807) is 6.07 Å². The third-order valence-corrected chi connectivity index (χ3v) is 4.35. The average molecular weight is 286 g/mol. The molecule has 112 valence electrons. The van der Waals surface area contributed by atoms with Crippen molar-refractivity contribution < 1.29 is 0 Å². The Kier molecular flexibility index (Phi) is 3.57. The van der Waals surface area contributed by atoms with Crippen LogP contribution in [0.25, 0.3) is 10.9 Å². The van der Waals surface area contributed by atoms with Gasteiger partial charge in [-0.2, -0.15) is 0 Å². The molecule has 0 amide bonds. The highest BCUT2D eigenvalue weighted by atomic mass is 16.1. The summed E-state index contributed by atoms with van der Waals surface area (Å²) in [6.45, 7) is 4.60. The molecule has 1 saturated carbocycles. The number of rotatable bonds is 2. The lowest BCUT2D eigenvalue weighted by molar-refractivity contribution is 0.281. The van der Waals surface area contributed by atoms with Gasteiger partial charge in [0.2, 0.25) is 0 Å². The summed E-state index contributed by atoms with van der Waals surface area (Å²) in [6, 6.07) is 4.02. The molecule has 1 aliphatic rings. The number of nitrogens with two attached hydrogens (primary N) is 1. The number of anilines is 2. The van der Waals surface area contributed by atoms with Crippen LogP contribution in [0.3, 0.4) is 0 Å². The van der Waals surface area contributed by atoms with E-state index < -0.39 is 0 Å². The molecule has 1 aromatic heterocycles. The minimum absolute atomic E-state index is 0.154. The Labute approximate surface area is 124 Å². The van der Waals surface area contributed by atoms with Gasteiger partial charge in [-0.25, -0.2) is 4.98 Å². The molecule has 0 saturated heterocycles. The Morgan fingerprint density at radius 1 is 1.24 bits per heavy atom. The zero-order chi connectivity index (χ0) is 15.0. The number of nitrogen functional groups attached to an aromatic ring is 1. The van der Waals surface area contributed by atoms with Crippen LogP contribution in [-0.2, 0) is 0 Å². The molecule has 5 nitrogen and oxygen atoms in total. The zero-order valence-corrected chi connectivity index (χ0v) is 12.5. The van der Waals surface area contributed by atoms with Crippen LogP contribution in [0.5, 0.6) is 0 Å². The first-order chi connectivity index (χ1) is 10.0. The third kappa shape index (κ3) is 2.86. The molecule has 5 heteroatoms. The minimum Gasteiger partial charge on any atom is -0.397 e. The van der Waals surface area contributed by atoms with E-state index in [4.69, 9.17) is 5.73 Å². The van der Waals surface area contributed by atoms with Gasteiger partial charge in [-0.3, -0.25) is 4.79 Å². The molecular formula is C16H22N4O. The molecule has 2 atom stereocenters. The topological polar surface area (TPSA) is 83.8 Å². The van der Waals surface area contributed by atoms with Crippen LogP contribution in [0, 0.1) is 11.8 Å². The number of nitrogens with one attached hydrogen (secondary N) is 2. The predicted molar refractivity (Wildman–Crippen MR) is 86.4 cm³/mol. The van der Waals surface area contributed by atoms with Crippen LogP contribution in [0.1, 0.15) is 33.1 Å². The molecule has 1 heterocycles. The number of nitrogens with zero attached hydrogens (tertiary/aromatic N) is 1. The number of benzene rings is 1. The lowest BCUT2D eigenvalue weighted by atomic mass is 9.80. The van der Waals surface area contributed by atoms with Crippen molar-refractivity contribution in [2.75, 3.05) is 11.1 Å². The van der Waals surface area contributed by atoms with Gasteiger partial charge in [-0.15, -0.1) is 0 Å². The second-order valence-corrected chi connectivity index (χ2v) is 6.45. The van der Waals surface area contributed by atoms with Gasteiger partial charge in [0, 0.05) is 6.04 Å². The standard InChI is InChI=1S/C16H22N4O/c1-9-3-10(2)5-11(4-9)20-15-7-14-12(6-13(15)17)16(21)19-8-18-14/h6-11,20H,3-5,17H2,1-2H3,(H,18,19,21). The van der Waals surface area contributed by atoms with Crippen molar-refractivity contribution in [3.8, 4) is 0 Å². The Morgan fingerprint density at radius 3 is 2.67 bits per heavy atom. The summed E-state index contributed by atoms with van der Waals surface area (Å²) in [5.74, 6) is 1.46. The molecule has 2 aromatic rings. The molecule has 0 spiro atoms. The van der Waals surface area contributed by atoms with Gasteiger partial charge in [0.15, 0.2) is 0 Å². The average Bonchev–Trinajstić information content (AvgIpc) is 2.40. The fourth-order valence-corrected chi connectivity index (χ4v) is 3.54. The molecule has 1 aliphatic carbocycles. The van der Waals surface area contributed by atoms with Crippen LogP contribution in [-0.4, -0.2) is 16.0 Å². The van der Waals surface area contributed by atoms with E-state index >= 15 is 0 Å². The first kappa shape index (κ1) is 13.9. The molecule has 0 aliphatic heterocycles. The van der Waals surface area contributed by atoms with Crippen molar-refractivity contribution in [2.45, 2.75) is 39.2 Å². The smallest absolute Gasteiger partial charge is 0.258 e. The van der Waals surface area contributed by atoms with Gasteiger partial charge in [0.05, 0.1) is 28.6 Å². The van der Waals surface area contributed by atoms with Crippen molar-refractivity contribution in [3.05, 3.63) is 28.8 Å². The molecule has 3 rings (SSSR count). The fourth-order valence-electron chi connectivity index (χ4n) is 3.54. The zero-order valence-electron chi connectivity index (χ0n) is 12.5. The van der Waals surface area contributed by atoms with Gasteiger partial charge in [-0.05, 0) is 43.2 Å². The fraction of sp³-hybridized carbons (Fsp3) is 0.500. The second kappa shape index (κ2) is 5.39. The molecule has 0 radical (unpaired) electrons. The van der Waals surface area contributed by atoms with E-state index in [0.717, 1.165) is 30.4 Å². The van der Waals surface area contributed by atoms with Crippen molar-refractivity contribution in [1.82, 2.24) is 9.97 Å². The summed E-state index contributed by atoms with van der Waals surface area (Å²) in [6.07, 6.45) is 5.03. The van der Waals surface area contributed by atoms with Crippen molar-refractivity contribution >= 4 is 22.3 Å². The highest BCUT2D eigenvalue weighted by Gasteiger charge is 2.24. The largest absolute Gasteiger partial charge is 0.397 e. The van der Waals surface area contributed by atoms with Crippen LogP contribution in [0.15, 0.2) is 23.3 Å². The van der Waals surface area contributed by atoms with Gasteiger partial charge in [0.1, 0.15) is 0 Å². The van der Waals surface area contributed by atoms with E-state index in [0.29, 0.717) is 22.6 Å². The summed E-state index contributed by atoms with van der Waals surface area (Å²) in [5, 5.41) is 4.08. The summed E-state index contributed by atoms with van der Waals surface area (Å²) < 4.78 is 0. The van der Waals surface area contributed by atoms with Crippen LogP contribution >= 0.6 is 0 Å². The van der Waals surface area contributed by atoms with Crippen LogP contribution in [0.4, 0.5) is 11.4 Å². The molecule has 4 N–H and O–H groups in total. The van der Waals surface area contributed by atoms with E-state index in [1.807, 2.05) is 6.07 Å². The summed E-state index contributed by atoms with van der Waals surface area (Å²) >= 11 is 0. The van der Waals surface area contributed by atoms with Crippen molar-refractivity contribution in [2.24, 2.45) is 11.8 Å². The van der Waals surface area contributed by atoms with Gasteiger partial charge < -0.3 is 16.0 Å². The maximum atomic E-state index is 11.7. The van der Waals surface area contributed by atoms with E-state index in [9.17, 15) is 4.79 Å².